The van der Waals surface area contributed by atoms with E-state index in [1.54, 1.807) is 6.07 Å². The minimum absolute atomic E-state index is 0.0361. The largest absolute Gasteiger partial charge is 0.398 e. The fourth-order valence-electron chi connectivity index (χ4n) is 3.76. The second-order valence-electron chi connectivity index (χ2n) is 7.19. The van der Waals surface area contributed by atoms with E-state index >= 15 is 0 Å². The maximum atomic E-state index is 12.9. The molecule has 2 aromatic carbocycles. The summed E-state index contributed by atoms with van der Waals surface area (Å²) in [4.78, 5) is 31.7. The van der Waals surface area contributed by atoms with Gasteiger partial charge in [-0.2, -0.15) is 0 Å². The van der Waals surface area contributed by atoms with Crippen molar-refractivity contribution in [2.24, 2.45) is 5.73 Å². The van der Waals surface area contributed by atoms with Crippen molar-refractivity contribution in [3.05, 3.63) is 41.5 Å². The third kappa shape index (κ3) is 3.10. The molecule has 1 aliphatic heterocycles. The molecule has 0 aliphatic carbocycles. The zero-order valence-electron chi connectivity index (χ0n) is 15.3. The molecule has 0 radical (unpaired) electrons. The number of anilines is 1. The van der Waals surface area contributed by atoms with E-state index < -0.39 is 5.91 Å². The molecule has 2 heterocycles. The molecule has 1 fully saturated rings. The van der Waals surface area contributed by atoms with Gasteiger partial charge in [-0.3, -0.25) is 9.59 Å². The van der Waals surface area contributed by atoms with Gasteiger partial charge in [0.15, 0.2) is 0 Å². The number of aromatic nitrogens is 1. The Morgan fingerprint density at radius 2 is 1.85 bits per heavy atom. The Labute approximate surface area is 156 Å². The van der Waals surface area contributed by atoms with Crippen LogP contribution in [-0.2, 0) is 11.2 Å². The van der Waals surface area contributed by atoms with E-state index in [2.05, 4.69) is 16.9 Å². The van der Waals surface area contributed by atoms with E-state index in [9.17, 15) is 9.59 Å². The molecular weight excluding hydrogens is 342 g/mol. The lowest BCUT2D eigenvalue weighted by molar-refractivity contribution is -0.117. The van der Waals surface area contributed by atoms with Crippen LogP contribution in [0.5, 0.6) is 0 Å². The monoisotopic (exact) mass is 365 g/mol. The van der Waals surface area contributed by atoms with Gasteiger partial charge in [-0.05, 0) is 30.8 Å². The Hall–Kier alpha value is -3.06. The highest BCUT2D eigenvalue weighted by Gasteiger charge is 2.21. The highest BCUT2D eigenvalue weighted by atomic mass is 16.2. The number of carbonyl (C=O) groups excluding carboxylic acids is 2. The lowest BCUT2D eigenvalue weighted by atomic mass is 10.0. The Kier molecular flexibility index (Phi) is 4.24. The summed E-state index contributed by atoms with van der Waals surface area (Å²) in [7, 11) is 2.06. The molecule has 0 spiro atoms. The number of nitrogens with two attached hydrogens (primary N) is 2. The molecule has 7 nitrogen and oxygen atoms in total. The maximum absolute atomic E-state index is 12.9. The topological polar surface area (TPSA) is 108 Å². The number of rotatable bonds is 3. The quantitative estimate of drug-likeness (QED) is 0.608. The molecule has 0 atom stereocenters. The van der Waals surface area contributed by atoms with Crippen molar-refractivity contribution in [3.8, 4) is 0 Å². The van der Waals surface area contributed by atoms with E-state index in [0.29, 0.717) is 11.3 Å². The SMILES string of the molecule is CN1CCN(C(=O)c2ccc3c(c2)[nH]c2c(CC(N)=O)ccc(N)c23)CC1. The fraction of sp³-hybridized carbons (Fsp3) is 0.300. The summed E-state index contributed by atoms with van der Waals surface area (Å²) < 4.78 is 0. The van der Waals surface area contributed by atoms with Gasteiger partial charge in [-0.15, -0.1) is 0 Å². The van der Waals surface area contributed by atoms with Crippen LogP contribution in [0.3, 0.4) is 0 Å². The lowest BCUT2D eigenvalue weighted by Crippen LogP contribution is -2.47. The zero-order valence-corrected chi connectivity index (χ0v) is 15.3. The molecule has 0 unspecified atom stereocenters. The molecule has 0 saturated carbocycles. The number of fused-ring (bicyclic) bond motifs is 3. The summed E-state index contributed by atoms with van der Waals surface area (Å²) in [6.07, 6.45) is 0.136. The number of hydrogen-bond acceptors (Lipinski definition) is 4. The summed E-state index contributed by atoms with van der Waals surface area (Å²) in [5, 5.41) is 1.80. The van der Waals surface area contributed by atoms with Crippen LogP contribution in [0.15, 0.2) is 30.3 Å². The summed E-state index contributed by atoms with van der Waals surface area (Å²) in [5.41, 5.74) is 15.2. The van der Waals surface area contributed by atoms with Crippen molar-refractivity contribution in [2.45, 2.75) is 6.42 Å². The van der Waals surface area contributed by atoms with Gasteiger partial charge in [0.05, 0.1) is 11.9 Å². The van der Waals surface area contributed by atoms with Crippen LogP contribution in [0.4, 0.5) is 5.69 Å². The van der Waals surface area contributed by atoms with Gasteiger partial charge in [-0.25, -0.2) is 0 Å². The van der Waals surface area contributed by atoms with Gasteiger partial charge in [0, 0.05) is 53.7 Å². The molecule has 4 rings (SSSR count). The van der Waals surface area contributed by atoms with Crippen LogP contribution in [0, 0.1) is 0 Å². The molecule has 1 saturated heterocycles. The summed E-state index contributed by atoms with van der Waals surface area (Å²) in [6, 6.07) is 9.23. The molecule has 2 amide bonds. The minimum Gasteiger partial charge on any atom is -0.398 e. The van der Waals surface area contributed by atoms with Gasteiger partial charge >= 0.3 is 0 Å². The number of aromatic amines is 1. The van der Waals surface area contributed by atoms with Gasteiger partial charge < -0.3 is 26.3 Å². The normalized spacial score (nSPS) is 15.5. The van der Waals surface area contributed by atoms with E-state index in [-0.39, 0.29) is 12.3 Å². The summed E-state index contributed by atoms with van der Waals surface area (Å²) >= 11 is 0. The van der Waals surface area contributed by atoms with Crippen LogP contribution in [0.1, 0.15) is 15.9 Å². The number of likely N-dealkylation sites (N-methyl/N-ethyl adjacent to an activating group) is 1. The predicted octanol–water partition coefficient (Wildman–Crippen LogP) is 1.32. The van der Waals surface area contributed by atoms with Gasteiger partial charge in [0.2, 0.25) is 5.91 Å². The van der Waals surface area contributed by atoms with Crippen molar-refractivity contribution >= 4 is 39.3 Å². The highest BCUT2D eigenvalue weighted by molar-refractivity contribution is 6.15. The Morgan fingerprint density at radius 1 is 1.11 bits per heavy atom. The average molecular weight is 365 g/mol. The number of benzene rings is 2. The molecule has 140 valence electrons. The molecule has 1 aromatic heterocycles. The van der Waals surface area contributed by atoms with Crippen molar-refractivity contribution in [1.82, 2.24) is 14.8 Å². The number of amides is 2. The third-order valence-electron chi connectivity index (χ3n) is 5.27. The second-order valence-corrected chi connectivity index (χ2v) is 7.19. The number of hydrogen-bond donors (Lipinski definition) is 3. The molecule has 1 aliphatic rings. The van der Waals surface area contributed by atoms with Crippen LogP contribution in [-0.4, -0.2) is 59.8 Å². The molecule has 3 aromatic rings. The average Bonchev–Trinajstić information content (AvgIpc) is 3.03. The first-order valence-corrected chi connectivity index (χ1v) is 9.03. The van der Waals surface area contributed by atoms with Gasteiger partial charge in [0.1, 0.15) is 0 Å². The Morgan fingerprint density at radius 3 is 2.56 bits per heavy atom. The van der Waals surface area contributed by atoms with E-state index in [4.69, 9.17) is 11.5 Å². The van der Waals surface area contributed by atoms with Crippen molar-refractivity contribution in [2.75, 3.05) is 39.0 Å². The van der Waals surface area contributed by atoms with Crippen molar-refractivity contribution < 1.29 is 9.59 Å². The summed E-state index contributed by atoms with van der Waals surface area (Å²) in [6.45, 7) is 3.23. The summed E-state index contributed by atoms with van der Waals surface area (Å²) in [5.74, 6) is -0.361. The van der Waals surface area contributed by atoms with Gasteiger partial charge in [0.25, 0.3) is 5.91 Å². The second kappa shape index (κ2) is 6.59. The van der Waals surface area contributed by atoms with Crippen molar-refractivity contribution in [1.29, 1.82) is 0 Å². The molecule has 27 heavy (non-hydrogen) atoms. The number of nitrogens with zero attached hydrogens (tertiary/aromatic N) is 2. The predicted molar refractivity (Wildman–Crippen MR) is 107 cm³/mol. The number of piperazine rings is 1. The van der Waals surface area contributed by atoms with Crippen LogP contribution >= 0.6 is 0 Å². The van der Waals surface area contributed by atoms with Crippen LogP contribution in [0.2, 0.25) is 0 Å². The minimum atomic E-state index is -0.398. The molecule has 0 bridgehead atoms. The standard InChI is InChI=1S/C20H23N5O2/c1-24-6-8-25(9-7-24)20(27)13-2-4-14-16(10-13)23-19-12(11-17(22)26)3-5-15(21)18(14)19/h2-5,10,23H,6-9,11,21H2,1H3,(H2,22,26). The number of nitrogens with one attached hydrogen (secondary N) is 1. The zero-order chi connectivity index (χ0) is 19.1. The smallest absolute Gasteiger partial charge is 0.254 e. The van der Waals surface area contributed by atoms with E-state index in [1.807, 2.05) is 29.2 Å². The number of nitrogen functional groups attached to an aromatic ring is 1. The Bertz CT molecular complexity index is 1050. The lowest BCUT2D eigenvalue weighted by Gasteiger charge is -2.32. The van der Waals surface area contributed by atoms with Crippen molar-refractivity contribution in [3.63, 3.8) is 0 Å². The molecule has 5 N–H and O–H groups in total. The first kappa shape index (κ1) is 17.4. The van der Waals surface area contributed by atoms with Crippen LogP contribution < -0.4 is 11.5 Å². The number of carbonyl (C=O) groups is 2. The maximum Gasteiger partial charge on any atom is 0.254 e. The number of H-pyrrole nitrogens is 1. The first-order valence-electron chi connectivity index (χ1n) is 9.03. The molecular formula is C20H23N5O2. The third-order valence-corrected chi connectivity index (χ3v) is 5.27. The van der Waals surface area contributed by atoms with E-state index in [1.165, 1.54) is 0 Å². The van der Waals surface area contributed by atoms with E-state index in [0.717, 1.165) is 53.5 Å². The number of primary amides is 1. The first-order chi connectivity index (χ1) is 12.9. The highest BCUT2D eigenvalue weighted by Crippen LogP contribution is 2.33. The fourth-order valence-corrected chi connectivity index (χ4v) is 3.76. The Balaban J connectivity index is 1.76. The van der Waals surface area contributed by atoms with Crippen LogP contribution in [0.25, 0.3) is 21.8 Å². The van der Waals surface area contributed by atoms with Gasteiger partial charge in [-0.1, -0.05) is 12.1 Å². The molecule has 7 heteroatoms.